The summed E-state index contributed by atoms with van der Waals surface area (Å²) in [5, 5.41) is 8.33. The highest BCUT2D eigenvalue weighted by atomic mass is 16.7. The number of rotatable bonds is 9. The minimum absolute atomic E-state index is 0.0163. The summed E-state index contributed by atoms with van der Waals surface area (Å²) in [5.41, 5.74) is 0. The average molecular weight is 222 g/mol. The summed E-state index contributed by atoms with van der Waals surface area (Å²) in [4.78, 5) is 10.2. The Labute approximate surface area is 89.1 Å². The van der Waals surface area contributed by atoms with E-state index < -0.39 is 6.16 Å². The fourth-order valence-electron chi connectivity index (χ4n) is 0.926. The van der Waals surface area contributed by atoms with Gasteiger partial charge in [0.1, 0.15) is 6.61 Å². The highest BCUT2D eigenvalue weighted by Gasteiger charge is 2.11. The Morgan fingerprint density at radius 2 is 1.87 bits per heavy atom. The molecule has 0 aromatic rings. The molecule has 0 aromatic heterocycles. The molecule has 0 spiro atoms. The van der Waals surface area contributed by atoms with Gasteiger partial charge in [0.05, 0.1) is 19.3 Å². The second kappa shape index (κ2) is 9.70. The zero-order valence-corrected chi connectivity index (χ0v) is 9.10. The van der Waals surface area contributed by atoms with Crippen LogP contribution < -0.4 is 0 Å². The maximum absolute atomic E-state index is 10.2. The monoisotopic (exact) mass is 222 g/mol. The van der Waals surface area contributed by atoms with E-state index in [1.54, 1.807) is 14.2 Å². The lowest BCUT2D eigenvalue weighted by Gasteiger charge is -2.16. The van der Waals surface area contributed by atoms with Crippen molar-refractivity contribution in [3.05, 3.63) is 0 Å². The molecule has 0 heterocycles. The fraction of sp³-hybridized carbons (Fsp3) is 0.889. The molecule has 6 heteroatoms. The first-order valence-corrected chi connectivity index (χ1v) is 4.66. The van der Waals surface area contributed by atoms with Crippen molar-refractivity contribution in [1.82, 2.24) is 0 Å². The molecule has 1 atom stereocenters. The van der Waals surface area contributed by atoms with Gasteiger partial charge in [-0.3, -0.25) is 0 Å². The molecule has 0 rings (SSSR count). The van der Waals surface area contributed by atoms with Crippen molar-refractivity contribution in [3.63, 3.8) is 0 Å². The van der Waals surface area contributed by atoms with Gasteiger partial charge in [0, 0.05) is 27.2 Å². The first-order valence-electron chi connectivity index (χ1n) is 4.66. The van der Waals surface area contributed by atoms with E-state index in [0.29, 0.717) is 26.2 Å². The Morgan fingerprint density at radius 3 is 2.40 bits per heavy atom. The Hall–Kier alpha value is -0.850. The Kier molecular flexibility index (Phi) is 9.15. The van der Waals surface area contributed by atoms with Gasteiger partial charge >= 0.3 is 6.16 Å². The van der Waals surface area contributed by atoms with Gasteiger partial charge in [0.25, 0.3) is 0 Å². The van der Waals surface area contributed by atoms with Crippen LogP contribution in [0.2, 0.25) is 0 Å². The molecule has 90 valence electrons. The number of hydrogen-bond donors (Lipinski definition) is 1. The molecule has 0 saturated carbocycles. The Morgan fingerprint density at radius 1 is 1.20 bits per heavy atom. The maximum atomic E-state index is 10.2. The summed E-state index contributed by atoms with van der Waals surface area (Å²) in [6, 6.07) is 0. The van der Waals surface area contributed by atoms with Crippen LogP contribution in [0.15, 0.2) is 0 Å². The van der Waals surface area contributed by atoms with E-state index in [4.69, 9.17) is 19.3 Å². The van der Waals surface area contributed by atoms with Crippen LogP contribution in [-0.2, 0) is 18.9 Å². The van der Waals surface area contributed by atoms with Gasteiger partial charge in [-0.25, -0.2) is 4.79 Å². The molecule has 6 nitrogen and oxygen atoms in total. The Balaban J connectivity index is 3.67. The molecule has 0 saturated heterocycles. The largest absolute Gasteiger partial charge is 0.505 e. The fourth-order valence-corrected chi connectivity index (χ4v) is 0.926. The van der Waals surface area contributed by atoms with Gasteiger partial charge in [0.2, 0.25) is 0 Å². The van der Waals surface area contributed by atoms with Crippen molar-refractivity contribution in [2.75, 3.05) is 40.6 Å². The van der Waals surface area contributed by atoms with Crippen molar-refractivity contribution in [2.24, 2.45) is 0 Å². The van der Waals surface area contributed by atoms with Crippen molar-refractivity contribution in [2.45, 2.75) is 12.5 Å². The first kappa shape index (κ1) is 14.2. The van der Waals surface area contributed by atoms with Crippen molar-refractivity contribution in [3.8, 4) is 0 Å². The van der Waals surface area contributed by atoms with Gasteiger partial charge in [-0.15, -0.1) is 0 Å². The predicted octanol–water partition coefficient (Wildman–Crippen LogP) is 0.749. The lowest BCUT2D eigenvalue weighted by molar-refractivity contribution is -0.0352. The summed E-state index contributed by atoms with van der Waals surface area (Å²) in [6.45, 7) is 1.40. The van der Waals surface area contributed by atoms with E-state index in [2.05, 4.69) is 4.74 Å². The lowest BCUT2D eigenvalue weighted by Crippen LogP contribution is -2.24. The normalized spacial score (nSPS) is 12.4. The van der Waals surface area contributed by atoms with E-state index in [1.165, 1.54) is 0 Å². The summed E-state index contributed by atoms with van der Waals surface area (Å²) in [6.07, 6.45) is -0.989. The average Bonchev–Trinajstić information content (AvgIpc) is 2.21. The molecule has 0 aromatic carbocycles. The highest BCUT2D eigenvalue weighted by Crippen LogP contribution is 2.00. The maximum Gasteiger partial charge on any atom is 0.505 e. The van der Waals surface area contributed by atoms with Crippen LogP contribution in [0.1, 0.15) is 6.42 Å². The predicted molar refractivity (Wildman–Crippen MR) is 52.1 cm³/mol. The number of carbonyl (C=O) groups is 1. The third-order valence-electron chi connectivity index (χ3n) is 1.68. The summed E-state index contributed by atoms with van der Waals surface area (Å²) >= 11 is 0. The number of ether oxygens (including phenoxy) is 4. The first-order chi connectivity index (χ1) is 7.20. The third kappa shape index (κ3) is 9.45. The van der Waals surface area contributed by atoms with Crippen molar-refractivity contribution in [1.29, 1.82) is 0 Å². The van der Waals surface area contributed by atoms with E-state index in [0.717, 1.165) is 0 Å². The molecule has 0 aliphatic heterocycles. The molecule has 0 amide bonds. The van der Waals surface area contributed by atoms with E-state index in [-0.39, 0.29) is 12.7 Å². The number of methoxy groups -OCH3 is 2. The minimum atomic E-state index is -1.30. The molecule has 0 aliphatic rings. The van der Waals surface area contributed by atoms with Gasteiger partial charge in [-0.2, -0.15) is 0 Å². The molecular weight excluding hydrogens is 204 g/mol. The van der Waals surface area contributed by atoms with Gasteiger partial charge in [-0.05, 0) is 0 Å². The molecular formula is C9H18O6. The third-order valence-corrected chi connectivity index (χ3v) is 1.68. The van der Waals surface area contributed by atoms with Crippen LogP contribution in [0, 0.1) is 0 Å². The van der Waals surface area contributed by atoms with Crippen LogP contribution in [-0.4, -0.2) is 58.0 Å². The van der Waals surface area contributed by atoms with E-state index in [9.17, 15) is 4.79 Å². The minimum Gasteiger partial charge on any atom is -0.450 e. The Bertz CT molecular complexity index is 161. The zero-order valence-electron chi connectivity index (χ0n) is 9.10. The van der Waals surface area contributed by atoms with Crippen molar-refractivity contribution < 1.29 is 28.8 Å². The number of hydrogen-bond acceptors (Lipinski definition) is 5. The van der Waals surface area contributed by atoms with Crippen LogP contribution in [0.3, 0.4) is 0 Å². The SMILES string of the molecule is COCCOC(CCOC)COC(=O)O. The highest BCUT2D eigenvalue weighted by molar-refractivity contribution is 5.56. The zero-order chi connectivity index (χ0) is 11.5. The van der Waals surface area contributed by atoms with E-state index in [1.807, 2.05) is 0 Å². The van der Waals surface area contributed by atoms with Crippen LogP contribution in [0.25, 0.3) is 0 Å². The van der Waals surface area contributed by atoms with Gasteiger partial charge < -0.3 is 24.1 Å². The van der Waals surface area contributed by atoms with Crippen LogP contribution in [0.4, 0.5) is 4.79 Å². The molecule has 0 radical (unpaired) electrons. The number of carboxylic acid groups (broad SMARTS) is 1. The summed E-state index contributed by atoms with van der Waals surface area (Å²) < 4.78 is 19.4. The molecule has 0 bridgehead atoms. The molecule has 1 N–H and O–H groups in total. The summed E-state index contributed by atoms with van der Waals surface area (Å²) in [5.74, 6) is 0. The van der Waals surface area contributed by atoms with Crippen LogP contribution >= 0.6 is 0 Å². The summed E-state index contributed by atoms with van der Waals surface area (Å²) in [7, 11) is 3.14. The topological polar surface area (TPSA) is 74.2 Å². The van der Waals surface area contributed by atoms with Gasteiger partial charge in [-0.1, -0.05) is 0 Å². The molecule has 0 aliphatic carbocycles. The standard InChI is InChI=1S/C9H18O6/c1-12-4-3-8(7-15-9(10)11)14-6-5-13-2/h8H,3-7H2,1-2H3,(H,10,11). The smallest absolute Gasteiger partial charge is 0.450 e. The second-order valence-corrected chi connectivity index (χ2v) is 2.84. The van der Waals surface area contributed by atoms with E-state index >= 15 is 0 Å². The molecule has 15 heavy (non-hydrogen) atoms. The van der Waals surface area contributed by atoms with Crippen molar-refractivity contribution >= 4 is 6.16 Å². The second-order valence-electron chi connectivity index (χ2n) is 2.84. The quantitative estimate of drug-likeness (QED) is 0.458. The molecule has 1 unspecified atom stereocenters. The van der Waals surface area contributed by atoms with Gasteiger partial charge in [0.15, 0.2) is 0 Å². The van der Waals surface area contributed by atoms with Crippen LogP contribution in [0.5, 0.6) is 0 Å². The lowest BCUT2D eigenvalue weighted by atomic mass is 10.3. The molecule has 0 fully saturated rings.